The first kappa shape index (κ1) is 18.1. The third kappa shape index (κ3) is 4.12. The number of rotatable bonds is 6. The summed E-state index contributed by atoms with van der Waals surface area (Å²) in [5.74, 6) is 0.0292. The summed E-state index contributed by atoms with van der Waals surface area (Å²) in [7, 11) is 1.69. The van der Waals surface area contributed by atoms with Gasteiger partial charge in [-0.25, -0.2) is 0 Å². The van der Waals surface area contributed by atoms with Crippen LogP contribution in [-0.4, -0.2) is 29.4 Å². The van der Waals surface area contributed by atoms with Gasteiger partial charge in [0.05, 0.1) is 23.7 Å². The highest BCUT2D eigenvalue weighted by atomic mass is 32.1. The van der Waals surface area contributed by atoms with Crippen molar-refractivity contribution in [1.29, 1.82) is 0 Å². The Morgan fingerprint density at radius 2 is 2.12 bits per heavy atom. The fourth-order valence-electron chi connectivity index (χ4n) is 3.42. The van der Waals surface area contributed by atoms with Crippen LogP contribution in [0.25, 0.3) is 0 Å². The molecule has 1 aliphatic rings. The molecule has 1 N–H and O–H groups in total. The summed E-state index contributed by atoms with van der Waals surface area (Å²) < 4.78 is 7.08. The lowest BCUT2D eigenvalue weighted by Crippen LogP contribution is -2.22. The Morgan fingerprint density at radius 1 is 1.32 bits per heavy atom. The van der Waals surface area contributed by atoms with Crippen LogP contribution in [0.4, 0.5) is 0 Å². The molecular formula is C19H27N3O2S. The van der Waals surface area contributed by atoms with Crippen molar-refractivity contribution in [2.24, 2.45) is 0 Å². The summed E-state index contributed by atoms with van der Waals surface area (Å²) in [5.41, 5.74) is 4.54. The maximum absolute atomic E-state index is 12.6. The molecule has 136 valence electrons. The molecule has 0 unspecified atom stereocenters. The predicted molar refractivity (Wildman–Crippen MR) is 100 cm³/mol. The molecule has 0 saturated carbocycles. The van der Waals surface area contributed by atoms with Crippen LogP contribution in [0, 0.1) is 13.8 Å². The number of hydrogen-bond donors (Lipinski definition) is 1. The van der Waals surface area contributed by atoms with Gasteiger partial charge in [-0.15, -0.1) is 11.3 Å². The zero-order chi connectivity index (χ0) is 17.8. The quantitative estimate of drug-likeness (QED) is 0.802. The lowest BCUT2D eigenvalue weighted by molar-refractivity contribution is 0.0955. The molecular weight excluding hydrogens is 334 g/mol. The van der Waals surface area contributed by atoms with Gasteiger partial charge in [0.25, 0.3) is 5.91 Å². The van der Waals surface area contributed by atoms with Crippen molar-refractivity contribution >= 4 is 17.2 Å². The minimum atomic E-state index is 0.0292. The van der Waals surface area contributed by atoms with Crippen molar-refractivity contribution in [1.82, 2.24) is 15.1 Å². The third-order valence-electron chi connectivity index (χ3n) is 4.93. The number of aromatic nitrogens is 2. The van der Waals surface area contributed by atoms with Gasteiger partial charge in [-0.05, 0) is 51.2 Å². The normalized spacial score (nSPS) is 14.2. The van der Waals surface area contributed by atoms with E-state index in [1.54, 1.807) is 18.4 Å². The van der Waals surface area contributed by atoms with Gasteiger partial charge in [0.2, 0.25) is 0 Å². The van der Waals surface area contributed by atoms with Crippen molar-refractivity contribution in [3.05, 3.63) is 38.3 Å². The molecule has 0 radical (unpaired) electrons. The maximum Gasteiger partial charge on any atom is 0.261 e. The first-order valence-corrected chi connectivity index (χ1v) is 9.83. The molecule has 1 aliphatic carbocycles. The predicted octanol–water partition coefficient (Wildman–Crippen LogP) is 3.41. The number of carbonyl (C=O) groups excluding carboxylic acids is 1. The summed E-state index contributed by atoms with van der Waals surface area (Å²) in [6, 6.07) is 2.10. The van der Waals surface area contributed by atoms with E-state index in [0.29, 0.717) is 13.2 Å². The van der Waals surface area contributed by atoms with Crippen LogP contribution in [-0.2, 0) is 30.7 Å². The van der Waals surface area contributed by atoms with Crippen LogP contribution in [0.15, 0.2) is 6.07 Å². The van der Waals surface area contributed by atoms with E-state index in [2.05, 4.69) is 16.5 Å². The largest absolute Gasteiger partial charge is 0.383 e. The molecule has 0 spiro atoms. The second-order valence-electron chi connectivity index (χ2n) is 6.67. The lowest BCUT2D eigenvalue weighted by atomic mass is 10.1. The van der Waals surface area contributed by atoms with Gasteiger partial charge in [-0.3, -0.25) is 9.48 Å². The van der Waals surface area contributed by atoms with Crippen LogP contribution < -0.4 is 5.32 Å². The molecule has 2 aromatic heterocycles. The standard InChI is InChI=1S/C19H27N3O2S/c1-13-16(14(2)22(21-13)9-10-24-3)12-20-19(23)18-11-15-7-5-4-6-8-17(15)25-18/h11H,4-10,12H2,1-3H3,(H,20,23). The number of methoxy groups -OCH3 is 1. The molecule has 2 aromatic rings. The first-order valence-electron chi connectivity index (χ1n) is 9.01. The van der Waals surface area contributed by atoms with Crippen LogP contribution in [0.5, 0.6) is 0 Å². The number of hydrogen-bond acceptors (Lipinski definition) is 4. The zero-order valence-corrected chi connectivity index (χ0v) is 16.2. The van der Waals surface area contributed by atoms with E-state index in [-0.39, 0.29) is 5.91 Å². The van der Waals surface area contributed by atoms with Gasteiger partial charge in [0, 0.05) is 29.8 Å². The van der Waals surface area contributed by atoms with Crippen molar-refractivity contribution < 1.29 is 9.53 Å². The minimum absolute atomic E-state index is 0.0292. The van der Waals surface area contributed by atoms with Gasteiger partial charge >= 0.3 is 0 Å². The summed E-state index contributed by atoms with van der Waals surface area (Å²) in [5, 5.41) is 7.63. The van der Waals surface area contributed by atoms with Gasteiger partial charge in [0.1, 0.15) is 0 Å². The number of ether oxygens (including phenoxy) is 1. The SMILES string of the molecule is COCCn1nc(C)c(CNC(=O)c2cc3c(s2)CCCCC3)c1C. The van der Waals surface area contributed by atoms with E-state index in [0.717, 1.165) is 41.2 Å². The number of aryl methyl sites for hydroxylation is 3. The smallest absolute Gasteiger partial charge is 0.261 e. The van der Waals surface area contributed by atoms with E-state index < -0.39 is 0 Å². The summed E-state index contributed by atoms with van der Waals surface area (Å²) in [4.78, 5) is 14.8. The number of thiophene rings is 1. The molecule has 0 atom stereocenters. The molecule has 1 amide bonds. The Morgan fingerprint density at radius 3 is 2.92 bits per heavy atom. The molecule has 5 nitrogen and oxygen atoms in total. The lowest BCUT2D eigenvalue weighted by Gasteiger charge is -2.06. The molecule has 3 rings (SSSR count). The Bertz CT molecular complexity index is 725. The maximum atomic E-state index is 12.6. The number of nitrogens with zero attached hydrogens (tertiary/aromatic N) is 2. The van der Waals surface area contributed by atoms with Crippen molar-refractivity contribution in [2.75, 3.05) is 13.7 Å². The van der Waals surface area contributed by atoms with E-state index in [9.17, 15) is 4.79 Å². The van der Waals surface area contributed by atoms with Crippen LogP contribution in [0.1, 0.15) is 56.3 Å². The first-order chi connectivity index (χ1) is 12.1. The van der Waals surface area contributed by atoms with Crippen molar-refractivity contribution in [2.45, 2.75) is 59.0 Å². The van der Waals surface area contributed by atoms with Gasteiger partial charge in [-0.1, -0.05) is 6.42 Å². The van der Waals surface area contributed by atoms with Crippen LogP contribution in [0.3, 0.4) is 0 Å². The molecule has 25 heavy (non-hydrogen) atoms. The van der Waals surface area contributed by atoms with Gasteiger partial charge in [-0.2, -0.15) is 5.10 Å². The molecule has 2 heterocycles. The van der Waals surface area contributed by atoms with Crippen LogP contribution in [0.2, 0.25) is 0 Å². The highest BCUT2D eigenvalue weighted by molar-refractivity contribution is 7.14. The Labute approximate surface area is 153 Å². The molecule has 0 aromatic carbocycles. The fraction of sp³-hybridized carbons (Fsp3) is 0.579. The third-order valence-corrected chi connectivity index (χ3v) is 6.17. The van der Waals surface area contributed by atoms with Crippen LogP contribution >= 0.6 is 11.3 Å². The molecule has 0 bridgehead atoms. The number of amides is 1. The minimum Gasteiger partial charge on any atom is -0.383 e. The molecule has 0 fully saturated rings. The molecule has 6 heteroatoms. The second kappa shape index (κ2) is 8.15. The van der Waals surface area contributed by atoms with E-state index >= 15 is 0 Å². The Hall–Kier alpha value is -1.66. The van der Waals surface area contributed by atoms with E-state index in [1.807, 2.05) is 18.5 Å². The second-order valence-corrected chi connectivity index (χ2v) is 7.80. The average Bonchev–Trinajstić information content (AvgIpc) is 3.04. The number of nitrogens with one attached hydrogen (secondary N) is 1. The van der Waals surface area contributed by atoms with E-state index in [4.69, 9.17) is 4.74 Å². The topological polar surface area (TPSA) is 56.1 Å². The Kier molecular flexibility index (Phi) is 5.91. The number of carbonyl (C=O) groups is 1. The number of fused-ring (bicyclic) bond motifs is 1. The summed E-state index contributed by atoms with van der Waals surface area (Å²) in [6.07, 6.45) is 6.02. The highest BCUT2D eigenvalue weighted by Crippen LogP contribution is 2.29. The fourth-order valence-corrected chi connectivity index (χ4v) is 4.59. The highest BCUT2D eigenvalue weighted by Gasteiger charge is 2.18. The van der Waals surface area contributed by atoms with Crippen molar-refractivity contribution in [3.63, 3.8) is 0 Å². The van der Waals surface area contributed by atoms with Gasteiger partial charge < -0.3 is 10.1 Å². The average molecular weight is 362 g/mol. The van der Waals surface area contributed by atoms with E-state index in [1.165, 1.54) is 29.7 Å². The molecule has 0 saturated heterocycles. The van der Waals surface area contributed by atoms with Gasteiger partial charge in [0.15, 0.2) is 0 Å². The zero-order valence-electron chi connectivity index (χ0n) is 15.4. The summed E-state index contributed by atoms with van der Waals surface area (Å²) >= 11 is 1.67. The summed E-state index contributed by atoms with van der Waals surface area (Å²) in [6.45, 7) is 5.92. The Balaban J connectivity index is 1.65. The molecule has 0 aliphatic heterocycles. The monoisotopic (exact) mass is 361 g/mol. The van der Waals surface area contributed by atoms with Crippen molar-refractivity contribution in [3.8, 4) is 0 Å².